The maximum atomic E-state index is 10.9. The largest absolute Gasteiger partial charge is 0.489 e. The van der Waals surface area contributed by atoms with Crippen LogP contribution in [0.1, 0.15) is 17.0 Å². The van der Waals surface area contributed by atoms with E-state index in [0.29, 0.717) is 24.2 Å². The summed E-state index contributed by atoms with van der Waals surface area (Å²) in [6.07, 6.45) is 0.419. The summed E-state index contributed by atoms with van der Waals surface area (Å²) in [5, 5.41) is 8.89. The highest BCUT2D eigenvalue weighted by atomic mass is 16.5. The third-order valence-corrected chi connectivity index (χ3v) is 2.89. The predicted octanol–water partition coefficient (Wildman–Crippen LogP) is 2.63. The van der Waals surface area contributed by atoms with Crippen LogP contribution >= 0.6 is 0 Å². The zero-order valence-corrected chi connectivity index (χ0v) is 10.7. The molecule has 102 valence electrons. The number of hydrogen-bond acceptors (Lipinski definition) is 3. The Morgan fingerprint density at radius 2 is 1.75 bits per heavy atom. The summed E-state index contributed by atoms with van der Waals surface area (Å²) in [5.41, 5.74) is 1.49. The van der Waals surface area contributed by atoms with E-state index in [1.807, 2.05) is 30.3 Å². The van der Waals surface area contributed by atoms with Crippen LogP contribution in [0.15, 0.2) is 54.6 Å². The molecule has 1 atom stereocenters. The number of carboxylic acid groups (broad SMARTS) is 1. The molecule has 0 aliphatic carbocycles. The Kier molecular flexibility index (Phi) is 4.50. The summed E-state index contributed by atoms with van der Waals surface area (Å²) in [6, 6.07) is 16.2. The van der Waals surface area contributed by atoms with Crippen molar-refractivity contribution in [1.29, 1.82) is 0 Å². The van der Waals surface area contributed by atoms with Crippen molar-refractivity contribution in [2.45, 2.75) is 12.5 Å². The average molecular weight is 270 g/mol. The molecule has 0 amide bonds. The van der Waals surface area contributed by atoms with Crippen molar-refractivity contribution in [2.75, 3.05) is 0 Å². The first kappa shape index (κ1) is 13.8. The standard InChI is InChI=1S/C16H14O4/c17-10-15(16(18)19)13-6-8-14(9-7-13)20-11-12-4-2-1-3-5-12/h1-10,15H,11H2,(H,18,19). The molecule has 1 unspecified atom stereocenters. The molecule has 0 bridgehead atoms. The molecule has 0 aliphatic heterocycles. The molecule has 20 heavy (non-hydrogen) atoms. The lowest BCUT2D eigenvalue weighted by Gasteiger charge is -2.09. The van der Waals surface area contributed by atoms with Gasteiger partial charge in [-0.15, -0.1) is 0 Å². The SMILES string of the molecule is O=CC(C(=O)O)c1ccc(OCc2ccccc2)cc1. The molecule has 0 aromatic heterocycles. The Morgan fingerprint density at radius 1 is 1.10 bits per heavy atom. The quantitative estimate of drug-likeness (QED) is 0.647. The first-order valence-corrected chi connectivity index (χ1v) is 6.15. The van der Waals surface area contributed by atoms with Crippen LogP contribution in [0.5, 0.6) is 5.75 Å². The number of carbonyl (C=O) groups excluding carboxylic acids is 1. The van der Waals surface area contributed by atoms with Gasteiger partial charge >= 0.3 is 5.97 Å². The zero-order chi connectivity index (χ0) is 14.4. The number of carboxylic acids is 1. The lowest BCUT2D eigenvalue weighted by molar-refractivity contribution is -0.140. The fourth-order valence-electron chi connectivity index (χ4n) is 1.79. The number of aldehydes is 1. The van der Waals surface area contributed by atoms with Crippen molar-refractivity contribution in [3.63, 3.8) is 0 Å². The number of benzene rings is 2. The van der Waals surface area contributed by atoms with Crippen molar-refractivity contribution in [1.82, 2.24) is 0 Å². The van der Waals surface area contributed by atoms with Gasteiger partial charge in [0.25, 0.3) is 0 Å². The first-order valence-electron chi connectivity index (χ1n) is 6.15. The van der Waals surface area contributed by atoms with Crippen LogP contribution in [0.3, 0.4) is 0 Å². The Morgan fingerprint density at radius 3 is 2.30 bits per heavy atom. The molecule has 0 saturated heterocycles. The van der Waals surface area contributed by atoms with Gasteiger partial charge in [-0.3, -0.25) is 4.79 Å². The van der Waals surface area contributed by atoms with Crippen molar-refractivity contribution in [3.05, 3.63) is 65.7 Å². The minimum absolute atomic E-state index is 0.419. The summed E-state index contributed by atoms with van der Waals surface area (Å²) >= 11 is 0. The normalized spacial score (nSPS) is 11.6. The van der Waals surface area contributed by atoms with E-state index in [0.717, 1.165) is 5.56 Å². The van der Waals surface area contributed by atoms with Crippen LogP contribution < -0.4 is 4.74 Å². The van der Waals surface area contributed by atoms with E-state index >= 15 is 0 Å². The molecule has 0 spiro atoms. The number of ether oxygens (including phenoxy) is 1. The summed E-state index contributed by atoms with van der Waals surface area (Å²) < 4.78 is 5.59. The molecular formula is C16H14O4. The zero-order valence-electron chi connectivity index (χ0n) is 10.7. The summed E-state index contributed by atoms with van der Waals surface area (Å²) in [5.74, 6) is -1.65. The Balaban J connectivity index is 2.01. The minimum Gasteiger partial charge on any atom is -0.489 e. The molecule has 2 rings (SSSR count). The second-order valence-corrected chi connectivity index (χ2v) is 4.30. The van der Waals surface area contributed by atoms with Gasteiger partial charge in [-0.2, -0.15) is 0 Å². The third-order valence-electron chi connectivity index (χ3n) is 2.89. The molecule has 4 nitrogen and oxygen atoms in total. The molecule has 0 heterocycles. The maximum absolute atomic E-state index is 10.9. The van der Waals surface area contributed by atoms with Gasteiger partial charge in [-0.05, 0) is 23.3 Å². The fraction of sp³-hybridized carbons (Fsp3) is 0.125. The van der Waals surface area contributed by atoms with E-state index in [1.54, 1.807) is 24.3 Å². The van der Waals surface area contributed by atoms with Gasteiger partial charge in [-0.1, -0.05) is 42.5 Å². The third kappa shape index (κ3) is 3.45. The van der Waals surface area contributed by atoms with Gasteiger partial charge in [0.1, 0.15) is 24.6 Å². The predicted molar refractivity (Wildman–Crippen MR) is 73.7 cm³/mol. The van der Waals surface area contributed by atoms with E-state index in [1.165, 1.54) is 0 Å². The van der Waals surface area contributed by atoms with E-state index in [4.69, 9.17) is 9.84 Å². The molecule has 0 radical (unpaired) electrons. The van der Waals surface area contributed by atoms with Gasteiger partial charge in [0.2, 0.25) is 0 Å². The van der Waals surface area contributed by atoms with Gasteiger partial charge in [0, 0.05) is 0 Å². The Labute approximate surface area is 116 Å². The van der Waals surface area contributed by atoms with Crippen molar-refractivity contribution >= 4 is 12.3 Å². The highest BCUT2D eigenvalue weighted by molar-refractivity contribution is 5.92. The van der Waals surface area contributed by atoms with Crippen LogP contribution in [0.2, 0.25) is 0 Å². The number of aliphatic carboxylic acids is 1. The van der Waals surface area contributed by atoms with Crippen LogP contribution in [0, 0.1) is 0 Å². The lowest BCUT2D eigenvalue weighted by Crippen LogP contribution is -2.12. The smallest absolute Gasteiger partial charge is 0.318 e. The van der Waals surface area contributed by atoms with E-state index in [2.05, 4.69) is 0 Å². The monoisotopic (exact) mass is 270 g/mol. The average Bonchev–Trinajstić information content (AvgIpc) is 2.48. The van der Waals surface area contributed by atoms with Gasteiger partial charge in [-0.25, -0.2) is 0 Å². The molecular weight excluding hydrogens is 256 g/mol. The molecule has 0 aliphatic rings. The van der Waals surface area contributed by atoms with Gasteiger partial charge < -0.3 is 14.6 Å². The second-order valence-electron chi connectivity index (χ2n) is 4.30. The molecule has 1 N–H and O–H groups in total. The first-order chi connectivity index (χ1) is 9.70. The maximum Gasteiger partial charge on any atom is 0.318 e. The topological polar surface area (TPSA) is 63.6 Å². The summed E-state index contributed by atoms with van der Waals surface area (Å²) in [4.78, 5) is 21.6. The highest BCUT2D eigenvalue weighted by Gasteiger charge is 2.18. The van der Waals surface area contributed by atoms with Crippen molar-refractivity contribution in [2.24, 2.45) is 0 Å². The summed E-state index contributed by atoms with van der Waals surface area (Å²) in [7, 11) is 0. The van der Waals surface area contributed by atoms with Crippen LogP contribution in [-0.2, 0) is 16.2 Å². The van der Waals surface area contributed by atoms with Gasteiger partial charge in [0.05, 0.1) is 0 Å². The molecule has 0 saturated carbocycles. The number of hydrogen-bond donors (Lipinski definition) is 1. The number of rotatable bonds is 6. The molecule has 0 fully saturated rings. The van der Waals surface area contributed by atoms with Crippen LogP contribution in [0.25, 0.3) is 0 Å². The Bertz CT molecular complexity index is 575. The van der Waals surface area contributed by atoms with E-state index < -0.39 is 11.9 Å². The minimum atomic E-state index is -1.15. The lowest BCUT2D eigenvalue weighted by atomic mass is 10.0. The highest BCUT2D eigenvalue weighted by Crippen LogP contribution is 2.19. The molecule has 2 aromatic rings. The Hall–Kier alpha value is -2.62. The fourth-order valence-corrected chi connectivity index (χ4v) is 1.79. The van der Waals surface area contributed by atoms with Crippen molar-refractivity contribution in [3.8, 4) is 5.75 Å². The van der Waals surface area contributed by atoms with Crippen LogP contribution in [-0.4, -0.2) is 17.4 Å². The van der Waals surface area contributed by atoms with E-state index in [9.17, 15) is 9.59 Å². The van der Waals surface area contributed by atoms with E-state index in [-0.39, 0.29) is 0 Å². The number of carbonyl (C=O) groups is 2. The molecule has 4 heteroatoms. The van der Waals surface area contributed by atoms with Crippen LogP contribution in [0.4, 0.5) is 0 Å². The van der Waals surface area contributed by atoms with Gasteiger partial charge in [0.15, 0.2) is 0 Å². The van der Waals surface area contributed by atoms with Crippen molar-refractivity contribution < 1.29 is 19.4 Å². The summed E-state index contributed by atoms with van der Waals surface area (Å²) in [6.45, 7) is 0.441. The molecule has 2 aromatic carbocycles. The second kappa shape index (κ2) is 6.52.